The van der Waals surface area contributed by atoms with Crippen LogP contribution < -0.4 is 0 Å². The van der Waals surface area contributed by atoms with Crippen LogP contribution >= 0.6 is 34.8 Å². The summed E-state index contributed by atoms with van der Waals surface area (Å²) < 4.78 is 8.86. The van der Waals surface area contributed by atoms with E-state index in [1.807, 2.05) is 0 Å². The van der Waals surface area contributed by atoms with Gasteiger partial charge in [0.05, 0.1) is 6.10 Å². The van der Waals surface area contributed by atoms with Gasteiger partial charge in [0.1, 0.15) is 6.61 Å². The summed E-state index contributed by atoms with van der Waals surface area (Å²) in [6.45, 7) is -0.222. The lowest BCUT2D eigenvalue weighted by Gasteiger charge is -2.37. The second-order valence-electron chi connectivity index (χ2n) is 4.79. The van der Waals surface area contributed by atoms with Gasteiger partial charge in [-0.25, -0.2) is 4.79 Å². The van der Waals surface area contributed by atoms with Gasteiger partial charge in [0.25, 0.3) is 0 Å². The molecule has 2 fully saturated rings. The first-order chi connectivity index (χ1) is 8.40. The van der Waals surface area contributed by atoms with E-state index in [4.69, 9.17) is 44.3 Å². The average Bonchev–Trinajstić information content (AvgIpc) is 2.56. The lowest BCUT2D eigenvalue weighted by atomic mass is 10.0. The maximum Gasteiger partial charge on any atom is 0.410 e. The number of hydrogen-bond acceptors (Lipinski definition) is 3. The Morgan fingerprint density at radius 2 is 1.83 bits per heavy atom. The smallest absolute Gasteiger partial charge is 0.410 e. The van der Waals surface area contributed by atoms with Crippen LogP contribution in [0.1, 0.15) is 25.7 Å². The van der Waals surface area contributed by atoms with E-state index in [9.17, 15) is 4.79 Å². The largest absolute Gasteiger partial charge is 0.445 e. The standard InChI is InChI=1S/C11H16Cl3NO3/c1-17-9-4-7-2-3-8(5-9)15(7)10(16)18-6-11(12,13)14/h7-9H,2-6H2,1H3. The Kier molecular flexibility index (Phi) is 4.52. The van der Waals surface area contributed by atoms with Crippen molar-refractivity contribution in [3.05, 3.63) is 0 Å². The topological polar surface area (TPSA) is 38.8 Å². The lowest BCUT2D eigenvalue weighted by Crippen LogP contribution is -2.49. The quantitative estimate of drug-likeness (QED) is 0.735. The molecular weight excluding hydrogens is 300 g/mol. The van der Waals surface area contributed by atoms with Gasteiger partial charge in [0, 0.05) is 19.2 Å². The van der Waals surface area contributed by atoms with Crippen LogP contribution in [0.3, 0.4) is 0 Å². The Morgan fingerprint density at radius 3 is 2.28 bits per heavy atom. The molecule has 0 aromatic carbocycles. The van der Waals surface area contributed by atoms with E-state index >= 15 is 0 Å². The number of nitrogens with zero attached hydrogens (tertiary/aromatic N) is 1. The zero-order valence-electron chi connectivity index (χ0n) is 10.1. The highest BCUT2D eigenvalue weighted by Crippen LogP contribution is 2.37. The molecule has 0 spiro atoms. The number of carbonyl (C=O) groups excluding carboxylic acids is 1. The van der Waals surface area contributed by atoms with Gasteiger partial charge in [0.2, 0.25) is 3.79 Å². The molecule has 0 radical (unpaired) electrons. The maximum absolute atomic E-state index is 12.0. The minimum atomic E-state index is -1.56. The van der Waals surface area contributed by atoms with Crippen molar-refractivity contribution in [3.8, 4) is 0 Å². The van der Waals surface area contributed by atoms with Gasteiger partial charge in [-0.2, -0.15) is 0 Å². The molecule has 0 saturated carbocycles. The van der Waals surface area contributed by atoms with Crippen molar-refractivity contribution in [2.24, 2.45) is 0 Å². The van der Waals surface area contributed by atoms with E-state index in [0.29, 0.717) is 0 Å². The number of rotatable bonds is 2. The van der Waals surface area contributed by atoms with Crippen LogP contribution in [0.4, 0.5) is 4.79 Å². The highest BCUT2D eigenvalue weighted by atomic mass is 35.6. The molecule has 104 valence electrons. The molecule has 0 aromatic heterocycles. The van der Waals surface area contributed by atoms with E-state index in [1.165, 1.54) is 0 Å². The molecule has 2 atom stereocenters. The van der Waals surface area contributed by atoms with Gasteiger partial charge in [-0.15, -0.1) is 0 Å². The van der Waals surface area contributed by atoms with E-state index in [-0.39, 0.29) is 30.9 Å². The average molecular weight is 317 g/mol. The van der Waals surface area contributed by atoms with Gasteiger partial charge in [-0.1, -0.05) is 34.8 Å². The molecule has 2 aliphatic heterocycles. The molecule has 2 heterocycles. The first-order valence-electron chi connectivity index (χ1n) is 5.95. The Morgan fingerprint density at radius 1 is 1.28 bits per heavy atom. The Labute approximate surface area is 121 Å². The number of carbonyl (C=O) groups is 1. The summed E-state index contributed by atoms with van der Waals surface area (Å²) in [5.74, 6) is 0. The maximum atomic E-state index is 12.0. The molecule has 2 aliphatic rings. The summed E-state index contributed by atoms with van der Waals surface area (Å²) in [5, 5.41) is 0. The molecule has 2 unspecified atom stereocenters. The molecule has 0 aromatic rings. The van der Waals surface area contributed by atoms with Crippen LogP contribution in [-0.2, 0) is 9.47 Å². The third-order valence-electron chi connectivity index (χ3n) is 3.59. The number of ether oxygens (including phenoxy) is 2. The van der Waals surface area contributed by atoms with Crippen molar-refractivity contribution in [1.29, 1.82) is 0 Å². The van der Waals surface area contributed by atoms with E-state index in [0.717, 1.165) is 25.7 Å². The number of methoxy groups -OCH3 is 1. The van der Waals surface area contributed by atoms with Gasteiger partial charge in [-0.05, 0) is 25.7 Å². The summed E-state index contributed by atoms with van der Waals surface area (Å²) in [6.07, 6.45) is 3.55. The second kappa shape index (κ2) is 5.61. The summed E-state index contributed by atoms with van der Waals surface area (Å²) in [6, 6.07) is 0.383. The molecule has 2 rings (SSSR count). The van der Waals surface area contributed by atoms with Crippen molar-refractivity contribution >= 4 is 40.9 Å². The monoisotopic (exact) mass is 315 g/mol. The number of halogens is 3. The Bertz CT molecular complexity index is 307. The molecule has 2 bridgehead atoms. The minimum Gasteiger partial charge on any atom is -0.445 e. The lowest BCUT2D eigenvalue weighted by molar-refractivity contribution is 0.00321. The SMILES string of the molecule is COC1CC2CCC(C1)N2C(=O)OCC(Cl)(Cl)Cl. The molecule has 0 N–H and O–H groups in total. The molecule has 2 saturated heterocycles. The van der Waals surface area contributed by atoms with Gasteiger partial charge >= 0.3 is 6.09 Å². The highest BCUT2D eigenvalue weighted by Gasteiger charge is 2.44. The van der Waals surface area contributed by atoms with Crippen molar-refractivity contribution in [2.45, 2.75) is 47.7 Å². The summed E-state index contributed by atoms with van der Waals surface area (Å²) in [7, 11) is 1.71. The van der Waals surface area contributed by atoms with E-state index in [1.54, 1.807) is 12.0 Å². The van der Waals surface area contributed by atoms with Crippen molar-refractivity contribution in [2.75, 3.05) is 13.7 Å². The number of hydrogen-bond donors (Lipinski definition) is 0. The van der Waals surface area contributed by atoms with Crippen LogP contribution in [0.15, 0.2) is 0 Å². The van der Waals surface area contributed by atoms with Gasteiger partial charge in [0.15, 0.2) is 0 Å². The number of amides is 1. The zero-order valence-corrected chi connectivity index (χ0v) is 12.3. The summed E-state index contributed by atoms with van der Waals surface area (Å²) in [4.78, 5) is 13.8. The van der Waals surface area contributed by atoms with Crippen LogP contribution in [0.2, 0.25) is 0 Å². The zero-order chi connectivity index (χ0) is 13.3. The second-order valence-corrected chi connectivity index (χ2v) is 7.31. The molecule has 4 nitrogen and oxygen atoms in total. The number of alkyl halides is 3. The van der Waals surface area contributed by atoms with E-state index < -0.39 is 3.79 Å². The van der Waals surface area contributed by atoms with Crippen molar-refractivity contribution < 1.29 is 14.3 Å². The summed E-state index contributed by atoms with van der Waals surface area (Å²) >= 11 is 16.7. The van der Waals surface area contributed by atoms with Crippen LogP contribution in [0, 0.1) is 0 Å². The Balaban J connectivity index is 1.92. The Hall–Kier alpha value is 0.1000. The first kappa shape index (κ1) is 14.5. The predicted molar refractivity (Wildman–Crippen MR) is 70.3 cm³/mol. The molecular formula is C11H16Cl3NO3. The normalized spacial score (nSPS) is 31.6. The number of fused-ring (bicyclic) bond motifs is 2. The van der Waals surface area contributed by atoms with Crippen molar-refractivity contribution in [3.63, 3.8) is 0 Å². The van der Waals surface area contributed by atoms with Crippen molar-refractivity contribution in [1.82, 2.24) is 4.90 Å². The van der Waals surface area contributed by atoms with Crippen LogP contribution in [-0.4, -0.2) is 46.7 Å². The van der Waals surface area contributed by atoms with Crippen LogP contribution in [0.25, 0.3) is 0 Å². The molecule has 18 heavy (non-hydrogen) atoms. The minimum absolute atomic E-state index is 0.191. The third-order valence-corrected chi connectivity index (χ3v) is 3.92. The van der Waals surface area contributed by atoms with Crippen LogP contribution in [0.5, 0.6) is 0 Å². The fourth-order valence-corrected chi connectivity index (χ4v) is 3.00. The molecule has 7 heteroatoms. The highest BCUT2D eigenvalue weighted by molar-refractivity contribution is 6.67. The fourth-order valence-electron chi connectivity index (χ4n) is 2.84. The third kappa shape index (κ3) is 3.35. The first-order valence-corrected chi connectivity index (χ1v) is 7.08. The molecule has 1 amide bonds. The van der Waals surface area contributed by atoms with E-state index in [2.05, 4.69) is 0 Å². The van der Waals surface area contributed by atoms with Gasteiger partial charge in [-0.3, -0.25) is 0 Å². The summed E-state index contributed by atoms with van der Waals surface area (Å²) in [5.41, 5.74) is 0. The van der Waals surface area contributed by atoms with Gasteiger partial charge < -0.3 is 14.4 Å². The fraction of sp³-hybridized carbons (Fsp3) is 0.909. The molecule has 0 aliphatic carbocycles. The predicted octanol–water partition coefficient (Wildman–Crippen LogP) is 3.14. The number of piperidine rings is 1.